The maximum atomic E-state index is 11.2. The van der Waals surface area contributed by atoms with E-state index in [4.69, 9.17) is 18.9 Å². The summed E-state index contributed by atoms with van der Waals surface area (Å²) in [4.78, 5) is 11.2. The number of esters is 1. The van der Waals surface area contributed by atoms with E-state index in [0.29, 0.717) is 0 Å². The highest BCUT2D eigenvalue weighted by Crippen LogP contribution is 2.34. The van der Waals surface area contributed by atoms with Gasteiger partial charge in [-0.25, -0.2) is 4.79 Å². The molecule has 0 bridgehead atoms. The standard InChI is InChI=1S/C15H24O7/c1-14(2)19-8-10(21-14)12(17)13-9(6-7-11(16)18-5)20-15(3,4)22-13/h6-7,9-10,12-13,17H,8H2,1-5H3/b7-6-/t9-,10+,12+,13+/m0/s1. The van der Waals surface area contributed by atoms with E-state index in [1.807, 2.05) is 0 Å². The minimum absolute atomic E-state index is 0.266. The molecule has 0 aromatic rings. The number of rotatable bonds is 4. The summed E-state index contributed by atoms with van der Waals surface area (Å²) in [6, 6.07) is 0. The summed E-state index contributed by atoms with van der Waals surface area (Å²) in [6.07, 6.45) is 0.0535. The maximum Gasteiger partial charge on any atom is 0.330 e. The van der Waals surface area contributed by atoms with Crippen LogP contribution in [0.3, 0.4) is 0 Å². The van der Waals surface area contributed by atoms with Crippen molar-refractivity contribution in [3.63, 3.8) is 0 Å². The van der Waals surface area contributed by atoms with Gasteiger partial charge < -0.3 is 28.8 Å². The SMILES string of the molecule is COC(=O)/C=C\[C@@H]1OC(C)(C)O[C@H]1[C@H](O)[C@H]1COC(C)(C)O1. The molecule has 4 atom stereocenters. The van der Waals surface area contributed by atoms with Gasteiger partial charge in [0.05, 0.1) is 13.7 Å². The fraction of sp³-hybridized carbons (Fsp3) is 0.800. The summed E-state index contributed by atoms with van der Waals surface area (Å²) in [5, 5.41) is 10.5. The van der Waals surface area contributed by atoms with Gasteiger partial charge in [0.15, 0.2) is 11.6 Å². The maximum absolute atomic E-state index is 11.2. The molecular weight excluding hydrogens is 292 g/mol. The third kappa shape index (κ3) is 4.05. The quantitative estimate of drug-likeness (QED) is 0.605. The van der Waals surface area contributed by atoms with Crippen LogP contribution in [0.25, 0.3) is 0 Å². The second-order valence-corrected chi connectivity index (χ2v) is 6.30. The largest absolute Gasteiger partial charge is 0.466 e. The molecule has 0 spiro atoms. The van der Waals surface area contributed by atoms with Crippen molar-refractivity contribution < 1.29 is 33.6 Å². The predicted octanol–water partition coefficient (Wildman–Crippen LogP) is 0.748. The second kappa shape index (κ2) is 6.25. The Bertz CT molecular complexity index is 443. The van der Waals surface area contributed by atoms with Crippen molar-refractivity contribution in [2.24, 2.45) is 0 Å². The number of aliphatic hydroxyl groups is 1. The van der Waals surface area contributed by atoms with Gasteiger partial charge >= 0.3 is 5.97 Å². The summed E-state index contributed by atoms with van der Waals surface area (Å²) in [5.41, 5.74) is 0. The fourth-order valence-corrected chi connectivity index (χ4v) is 2.57. The summed E-state index contributed by atoms with van der Waals surface area (Å²) < 4.78 is 27.2. The number of carbonyl (C=O) groups excluding carboxylic acids is 1. The topological polar surface area (TPSA) is 83.5 Å². The van der Waals surface area contributed by atoms with Crippen LogP contribution in [0.1, 0.15) is 27.7 Å². The molecule has 0 saturated carbocycles. The molecule has 0 aliphatic carbocycles. The number of hydrogen-bond acceptors (Lipinski definition) is 7. The summed E-state index contributed by atoms with van der Waals surface area (Å²) in [5.74, 6) is -2.10. The van der Waals surface area contributed by atoms with Crippen molar-refractivity contribution in [2.75, 3.05) is 13.7 Å². The Morgan fingerprint density at radius 3 is 2.45 bits per heavy atom. The van der Waals surface area contributed by atoms with Crippen molar-refractivity contribution >= 4 is 5.97 Å². The molecule has 7 nitrogen and oxygen atoms in total. The molecule has 2 rings (SSSR count). The van der Waals surface area contributed by atoms with Gasteiger partial charge in [-0.2, -0.15) is 0 Å². The zero-order chi connectivity index (χ0) is 16.5. The minimum atomic E-state index is -0.948. The number of hydrogen-bond donors (Lipinski definition) is 1. The zero-order valence-electron chi connectivity index (χ0n) is 13.6. The molecule has 2 saturated heterocycles. The van der Waals surface area contributed by atoms with Gasteiger partial charge in [0, 0.05) is 6.08 Å². The van der Waals surface area contributed by atoms with Gasteiger partial charge in [0.25, 0.3) is 0 Å². The molecule has 0 radical (unpaired) electrons. The van der Waals surface area contributed by atoms with Crippen LogP contribution in [0.15, 0.2) is 12.2 Å². The molecule has 0 amide bonds. The van der Waals surface area contributed by atoms with Crippen molar-refractivity contribution in [3.8, 4) is 0 Å². The molecule has 2 aliphatic heterocycles. The summed E-state index contributed by atoms with van der Waals surface area (Å²) in [6.45, 7) is 7.32. The lowest BCUT2D eigenvalue weighted by Gasteiger charge is -2.26. The molecule has 2 fully saturated rings. The average molecular weight is 316 g/mol. The van der Waals surface area contributed by atoms with E-state index in [1.165, 1.54) is 19.3 Å². The Kier molecular flexibility index (Phi) is 4.93. The van der Waals surface area contributed by atoms with E-state index in [2.05, 4.69) is 4.74 Å². The summed E-state index contributed by atoms with van der Waals surface area (Å²) in [7, 11) is 1.29. The summed E-state index contributed by atoms with van der Waals surface area (Å²) >= 11 is 0. The van der Waals surface area contributed by atoms with E-state index < -0.39 is 42.0 Å². The monoisotopic (exact) mass is 316 g/mol. The van der Waals surface area contributed by atoms with Gasteiger partial charge in [-0.3, -0.25) is 0 Å². The van der Waals surface area contributed by atoms with Crippen molar-refractivity contribution in [1.29, 1.82) is 0 Å². The first-order valence-electron chi connectivity index (χ1n) is 7.25. The number of aliphatic hydroxyl groups excluding tert-OH is 1. The van der Waals surface area contributed by atoms with Gasteiger partial charge in [0.1, 0.15) is 24.4 Å². The van der Waals surface area contributed by atoms with Crippen LogP contribution in [0.2, 0.25) is 0 Å². The highest BCUT2D eigenvalue weighted by molar-refractivity contribution is 5.81. The van der Waals surface area contributed by atoms with E-state index in [0.717, 1.165) is 0 Å². The van der Waals surface area contributed by atoms with E-state index >= 15 is 0 Å². The molecule has 0 unspecified atom stereocenters. The molecule has 22 heavy (non-hydrogen) atoms. The molecule has 0 aromatic carbocycles. The van der Waals surface area contributed by atoms with E-state index in [1.54, 1.807) is 27.7 Å². The molecule has 7 heteroatoms. The second-order valence-electron chi connectivity index (χ2n) is 6.30. The van der Waals surface area contributed by atoms with Gasteiger partial charge in [-0.1, -0.05) is 0 Å². The van der Waals surface area contributed by atoms with Crippen LogP contribution in [-0.4, -0.2) is 60.8 Å². The first kappa shape index (κ1) is 17.4. The molecule has 126 valence electrons. The lowest BCUT2D eigenvalue weighted by Crippen LogP contribution is -2.44. The predicted molar refractivity (Wildman–Crippen MR) is 75.9 cm³/mol. The highest BCUT2D eigenvalue weighted by atomic mass is 16.8. The van der Waals surface area contributed by atoms with Crippen LogP contribution in [0, 0.1) is 0 Å². The number of ether oxygens (including phenoxy) is 5. The van der Waals surface area contributed by atoms with Crippen LogP contribution in [-0.2, 0) is 28.5 Å². The molecule has 1 N–H and O–H groups in total. The Labute approximate surface area is 130 Å². The highest BCUT2D eigenvalue weighted by Gasteiger charge is 2.49. The fourth-order valence-electron chi connectivity index (χ4n) is 2.57. The van der Waals surface area contributed by atoms with Gasteiger partial charge in [-0.05, 0) is 33.8 Å². The van der Waals surface area contributed by atoms with Crippen molar-refractivity contribution in [3.05, 3.63) is 12.2 Å². The third-order valence-electron chi connectivity index (χ3n) is 3.53. The Morgan fingerprint density at radius 1 is 1.23 bits per heavy atom. The average Bonchev–Trinajstić information content (AvgIpc) is 2.94. The normalized spacial score (nSPS) is 34.9. The lowest BCUT2D eigenvalue weighted by atomic mass is 10.0. The first-order chi connectivity index (χ1) is 10.1. The van der Waals surface area contributed by atoms with Crippen molar-refractivity contribution in [2.45, 2.75) is 63.7 Å². The van der Waals surface area contributed by atoms with Gasteiger partial charge in [-0.15, -0.1) is 0 Å². The van der Waals surface area contributed by atoms with Crippen LogP contribution >= 0.6 is 0 Å². The molecule has 0 aromatic heterocycles. The third-order valence-corrected chi connectivity index (χ3v) is 3.53. The van der Waals surface area contributed by atoms with Gasteiger partial charge in [0.2, 0.25) is 0 Å². The Balaban J connectivity index is 2.09. The zero-order valence-corrected chi connectivity index (χ0v) is 13.6. The smallest absolute Gasteiger partial charge is 0.330 e. The first-order valence-corrected chi connectivity index (χ1v) is 7.25. The molecule has 2 heterocycles. The van der Waals surface area contributed by atoms with Crippen LogP contribution in [0.4, 0.5) is 0 Å². The van der Waals surface area contributed by atoms with Crippen molar-refractivity contribution in [1.82, 2.24) is 0 Å². The molecular formula is C15H24O7. The number of methoxy groups -OCH3 is 1. The lowest BCUT2D eigenvalue weighted by molar-refractivity contribution is -0.178. The Hall–Kier alpha value is -0.990. The number of carbonyl (C=O) groups is 1. The Morgan fingerprint density at radius 2 is 1.91 bits per heavy atom. The van der Waals surface area contributed by atoms with Crippen LogP contribution in [0.5, 0.6) is 0 Å². The van der Waals surface area contributed by atoms with E-state index in [9.17, 15) is 9.90 Å². The van der Waals surface area contributed by atoms with E-state index in [-0.39, 0.29) is 6.61 Å². The van der Waals surface area contributed by atoms with Crippen LogP contribution < -0.4 is 0 Å². The minimum Gasteiger partial charge on any atom is -0.466 e. The molecule has 2 aliphatic rings.